The molecule has 0 bridgehead atoms. The van der Waals surface area contributed by atoms with E-state index in [2.05, 4.69) is 17.1 Å². The van der Waals surface area contributed by atoms with Crippen LogP contribution >= 0.6 is 0 Å². The van der Waals surface area contributed by atoms with Gasteiger partial charge in [-0.25, -0.2) is 0 Å². The SMILES string of the molecule is N#Cc1cc2c([nH]c1=O)C(Cc1ccccc1)CCC2. The molecule has 1 heterocycles. The molecule has 1 aliphatic carbocycles. The van der Waals surface area contributed by atoms with Gasteiger partial charge < -0.3 is 4.98 Å². The maximum absolute atomic E-state index is 11.8. The van der Waals surface area contributed by atoms with E-state index in [0.717, 1.165) is 36.9 Å². The number of aromatic amines is 1. The quantitative estimate of drug-likeness (QED) is 0.906. The predicted molar refractivity (Wildman–Crippen MR) is 77.6 cm³/mol. The van der Waals surface area contributed by atoms with Crippen LogP contribution in [0.2, 0.25) is 0 Å². The number of pyridine rings is 1. The van der Waals surface area contributed by atoms with Crippen molar-refractivity contribution in [2.45, 2.75) is 31.6 Å². The van der Waals surface area contributed by atoms with Gasteiger partial charge in [-0.15, -0.1) is 0 Å². The highest BCUT2D eigenvalue weighted by molar-refractivity contribution is 5.36. The summed E-state index contributed by atoms with van der Waals surface area (Å²) in [6.07, 6.45) is 4.09. The molecule has 0 saturated heterocycles. The van der Waals surface area contributed by atoms with Crippen LogP contribution in [-0.4, -0.2) is 4.98 Å². The third-order valence-corrected chi connectivity index (χ3v) is 4.01. The molecule has 3 heteroatoms. The Kier molecular flexibility index (Phi) is 3.39. The smallest absolute Gasteiger partial charge is 0.266 e. The lowest BCUT2D eigenvalue weighted by Gasteiger charge is -2.25. The summed E-state index contributed by atoms with van der Waals surface area (Å²) in [6, 6.07) is 14.1. The Bertz CT molecular complexity index is 710. The lowest BCUT2D eigenvalue weighted by molar-refractivity contribution is 0.533. The van der Waals surface area contributed by atoms with E-state index in [4.69, 9.17) is 5.26 Å². The summed E-state index contributed by atoms with van der Waals surface area (Å²) in [7, 11) is 0. The van der Waals surface area contributed by atoms with E-state index in [0.29, 0.717) is 5.92 Å². The number of H-pyrrole nitrogens is 1. The van der Waals surface area contributed by atoms with Crippen molar-refractivity contribution in [3.8, 4) is 6.07 Å². The van der Waals surface area contributed by atoms with Crippen molar-refractivity contribution in [2.24, 2.45) is 0 Å². The Labute approximate surface area is 117 Å². The molecule has 0 saturated carbocycles. The topological polar surface area (TPSA) is 56.6 Å². The summed E-state index contributed by atoms with van der Waals surface area (Å²) < 4.78 is 0. The lowest BCUT2D eigenvalue weighted by atomic mass is 9.82. The molecule has 1 aliphatic rings. The van der Waals surface area contributed by atoms with E-state index in [1.807, 2.05) is 24.3 Å². The van der Waals surface area contributed by atoms with Gasteiger partial charge in [-0.2, -0.15) is 5.26 Å². The molecule has 1 N–H and O–H groups in total. The molecule has 1 unspecified atom stereocenters. The fourth-order valence-corrected chi connectivity index (χ4v) is 3.03. The Hall–Kier alpha value is -2.34. The number of benzene rings is 1. The van der Waals surface area contributed by atoms with Crippen LogP contribution in [0, 0.1) is 11.3 Å². The molecule has 0 fully saturated rings. The number of nitrogens with zero attached hydrogens (tertiary/aromatic N) is 1. The molecule has 3 rings (SSSR count). The highest BCUT2D eigenvalue weighted by atomic mass is 16.1. The first-order valence-corrected chi connectivity index (χ1v) is 6.98. The van der Waals surface area contributed by atoms with Crippen LogP contribution in [0.4, 0.5) is 0 Å². The molecule has 2 aromatic rings. The minimum Gasteiger partial charge on any atom is -0.325 e. The molecule has 1 atom stereocenters. The standard InChI is InChI=1S/C17H16N2O/c18-11-15-10-14-8-4-7-13(16(14)19-17(15)20)9-12-5-2-1-3-6-12/h1-3,5-6,10,13H,4,7-9H2,(H,19,20). The van der Waals surface area contributed by atoms with Gasteiger partial charge in [-0.1, -0.05) is 30.3 Å². The van der Waals surface area contributed by atoms with Crippen LogP contribution < -0.4 is 5.56 Å². The number of hydrogen-bond acceptors (Lipinski definition) is 2. The van der Waals surface area contributed by atoms with Crippen LogP contribution in [0.25, 0.3) is 0 Å². The Morgan fingerprint density at radius 1 is 1.30 bits per heavy atom. The summed E-state index contributed by atoms with van der Waals surface area (Å²) in [5.41, 5.74) is 3.42. The molecular formula is C17H16N2O. The minimum atomic E-state index is -0.258. The second kappa shape index (κ2) is 5.34. The van der Waals surface area contributed by atoms with Gasteiger partial charge >= 0.3 is 0 Å². The molecule has 0 radical (unpaired) electrons. The third-order valence-electron chi connectivity index (χ3n) is 4.01. The van der Waals surface area contributed by atoms with Gasteiger partial charge in [-0.05, 0) is 42.9 Å². The maximum Gasteiger partial charge on any atom is 0.266 e. The first-order chi connectivity index (χ1) is 9.78. The number of hydrogen-bond donors (Lipinski definition) is 1. The van der Waals surface area contributed by atoms with E-state index in [1.165, 1.54) is 5.56 Å². The average molecular weight is 264 g/mol. The van der Waals surface area contributed by atoms with Crippen molar-refractivity contribution in [1.29, 1.82) is 5.26 Å². The van der Waals surface area contributed by atoms with Gasteiger partial charge in [0.1, 0.15) is 11.6 Å². The summed E-state index contributed by atoms with van der Waals surface area (Å²) in [4.78, 5) is 14.8. The number of fused-ring (bicyclic) bond motifs is 1. The second-order valence-corrected chi connectivity index (χ2v) is 5.34. The van der Waals surface area contributed by atoms with E-state index in [9.17, 15) is 4.79 Å². The lowest BCUT2D eigenvalue weighted by Crippen LogP contribution is -2.21. The zero-order valence-corrected chi connectivity index (χ0v) is 11.2. The van der Waals surface area contributed by atoms with Gasteiger partial charge in [0.15, 0.2) is 0 Å². The highest BCUT2D eigenvalue weighted by Crippen LogP contribution is 2.32. The van der Waals surface area contributed by atoms with Crippen molar-refractivity contribution in [2.75, 3.05) is 0 Å². The van der Waals surface area contributed by atoms with Crippen molar-refractivity contribution in [3.63, 3.8) is 0 Å². The van der Waals surface area contributed by atoms with Crippen molar-refractivity contribution in [3.05, 3.63) is 69.1 Å². The number of nitriles is 1. The molecule has 1 aromatic heterocycles. The van der Waals surface area contributed by atoms with Crippen molar-refractivity contribution < 1.29 is 0 Å². The van der Waals surface area contributed by atoms with Crippen LogP contribution in [0.1, 0.15) is 41.1 Å². The van der Waals surface area contributed by atoms with Gasteiger partial charge in [0.2, 0.25) is 0 Å². The van der Waals surface area contributed by atoms with Crippen LogP contribution in [0.15, 0.2) is 41.2 Å². The summed E-state index contributed by atoms with van der Waals surface area (Å²) in [5.74, 6) is 0.349. The minimum absolute atomic E-state index is 0.226. The number of aryl methyl sites for hydroxylation is 1. The van der Waals surface area contributed by atoms with Crippen molar-refractivity contribution >= 4 is 0 Å². The monoisotopic (exact) mass is 264 g/mol. The molecule has 1 aromatic carbocycles. The van der Waals surface area contributed by atoms with Gasteiger partial charge in [0, 0.05) is 11.6 Å². The fourth-order valence-electron chi connectivity index (χ4n) is 3.03. The van der Waals surface area contributed by atoms with Crippen LogP contribution in [0.5, 0.6) is 0 Å². The van der Waals surface area contributed by atoms with Crippen LogP contribution in [0.3, 0.4) is 0 Å². The van der Waals surface area contributed by atoms with Crippen molar-refractivity contribution in [1.82, 2.24) is 4.98 Å². The molecule has 0 aliphatic heterocycles. The maximum atomic E-state index is 11.8. The first kappa shape index (κ1) is 12.7. The Balaban J connectivity index is 1.96. The molecule has 3 nitrogen and oxygen atoms in total. The normalized spacial score (nSPS) is 17.2. The van der Waals surface area contributed by atoms with Crippen LogP contribution in [-0.2, 0) is 12.8 Å². The molecule has 0 amide bonds. The second-order valence-electron chi connectivity index (χ2n) is 5.34. The zero-order valence-electron chi connectivity index (χ0n) is 11.2. The molecule has 20 heavy (non-hydrogen) atoms. The largest absolute Gasteiger partial charge is 0.325 e. The van der Waals surface area contributed by atoms with Gasteiger partial charge in [0.05, 0.1) is 0 Å². The van der Waals surface area contributed by atoms with Gasteiger partial charge in [-0.3, -0.25) is 4.79 Å². The summed E-state index contributed by atoms with van der Waals surface area (Å²) in [6.45, 7) is 0. The first-order valence-electron chi connectivity index (χ1n) is 6.98. The molecule has 0 spiro atoms. The van der Waals surface area contributed by atoms with E-state index in [-0.39, 0.29) is 11.1 Å². The van der Waals surface area contributed by atoms with E-state index >= 15 is 0 Å². The Morgan fingerprint density at radius 3 is 2.85 bits per heavy atom. The molecule has 100 valence electrons. The average Bonchev–Trinajstić information content (AvgIpc) is 2.48. The van der Waals surface area contributed by atoms with E-state index < -0.39 is 0 Å². The summed E-state index contributed by atoms with van der Waals surface area (Å²) >= 11 is 0. The highest BCUT2D eigenvalue weighted by Gasteiger charge is 2.22. The van der Waals surface area contributed by atoms with Gasteiger partial charge in [0.25, 0.3) is 5.56 Å². The number of rotatable bonds is 2. The van der Waals surface area contributed by atoms with E-state index in [1.54, 1.807) is 6.07 Å². The number of nitrogens with one attached hydrogen (secondary N) is 1. The fraction of sp³-hybridized carbons (Fsp3) is 0.294. The molecular weight excluding hydrogens is 248 g/mol. The number of aromatic nitrogens is 1. The Morgan fingerprint density at radius 2 is 2.10 bits per heavy atom. The summed E-state index contributed by atoms with van der Waals surface area (Å²) in [5, 5.41) is 8.95. The zero-order chi connectivity index (χ0) is 13.9. The third kappa shape index (κ3) is 2.37. The predicted octanol–water partition coefficient (Wildman–Crippen LogP) is 2.91.